The summed E-state index contributed by atoms with van der Waals surface area (Å²) in [5, 5.41) is 7.13. The Bertz CT molecular complexity index is 731. The quantitative estimate of drug-likeness (QED) is 0.926. The van der Waals surface area contributed by atoms with Crippen molar-refractivity contribution in [3.8, 4) is 11.4 Å². The minimum atomic E-state index is -0.304. The van der Waals surface area contributed by atoms with E-state index in [1.165, 1.54) is 6.07 Å². The number of nitrogens with zero attached hydrogens (tertiary/aromatic N) is 3. The fourth-order valence-electron chi connectivity index (χ4n) is 2.77. The zero-order valence-corrected chi connectivity index (χ0v) is 13.9. The van der Waals surface area contributed by atoms with Crippen LogP contribution in [-0.4, -0.2) is 46.6 Å². The van der Waals surface area contributed by atoms with E-state index in [0.717, 1.165) is 19.6 Å². The Balaban J connectivity index is 1.61. The summed E-state index contributed by atoms with van der Waals surface area (Å²) in [6.07, 6.45) is 0.713. The summed E-state index contributed by atoms with van der Waals surface area (Å²) in [5.74, 6) is 0.515. The number of hydrogen-bond donors (Lipinski definition) is 1. The standard InChI is InChI=1S/C17H21FN4O2/c1-11-3-4-13(9-14(11)18)17-20-15(24-21-17)5-6-16(23)22-8-7-19-10-12(22)2/h3-4,9,12,19H,5-8,10H2,1-2H3/t12-/m0/s1. The lowest BCUT2D eigenvalue weighted by Gasteiger charge is -2.34. The number of benzene rings is 1. The van der Waals surface area contributed by atoms with E-state index in [1.807, 2.05) is 11.8 Å². The molecule has 1 fully saturated rings. The van der Waals surface area contributed by atoms with Crippen LogP contribution >= 0.6 is 0 Å². The van der Waals surface area contributed by atoms with Crippen LogP contribution in [0.15, 0.2) is 22.7 Å². The van der Waals surface area contributed by atoms with Gasteiger partial charge < -0.3 is 14.7 Å². The predicted molar refractivity (Wildman–Crippen MR) is 86.8 cm³/mol. The average Bonchev–Trinajstić information content (AvgIpc) is 3.04. The van der Waals surface area contributed by atoms with Gasteiger partial charge in [0, 0.05) is 44.1 Å². The number of amides is 1. The lowest BCUT2D eigenvalue weighted by Crippen LogP contribution is -2.52. The van der Waals surface area contributed by atoms with Gasteiger partial charge >= 0.3 is 0 Å². The molecule has 0 bridgehead atoms. The van der Waals surface area contributed by atoms with Crippen molar-refractivity contribution in [2.45, 2.75) is 32.7 Å². The van der Waals surface area contributed by atoms with Gasteiger partial charge in [-0.25, -0.2) is 4.39 Å². The molecule has 0 spiro atoms. The maximum absolute atomic E-state index is 13.6. The summed E-state index contributed by atoms with van der Waals surface area (Å²) in [6, 6.07) is 5.01. The molecule has 2 heterocycles. The highest BCUT2D eigenvalue weighted by Crippen LogP contribution is 2.19. The highest BCUT2D eigenvalue weighted by atomic mass is 19.1. The number of carbonyl (C=O) groups excluding carboxylic acids is 1. The summed E-state index contributed by atoms with van der Waals surface area (Å²) >= 11 is 0. The molecule has 0 unspecified atom stereocenters. The molecular formula is C17H21FN4O2. The Morgan fingerprint density at radius 1 is 1.50 bits per heavy atom. The van der Waals surface area contributed by atoms with Gasteiger partial charge in [-0.3, -0.25) is 4.79 Å². The molecule has 1 saturated heterocycles. The van der Waals surface area contributed by atoms with Gasteiger partial charge in [0.25, 0.3) is 0 Å². The Labute approximate surface area is 140 Å². The molecule has 0 saturated carbocycles. The summed E-state index contributed by atoms with van der Waals surface area (Å²) < 4.78 is 18.8. The molecular weight excluding hydrogens is 311 g/mol. The minimum Gasteiger partial charge on any atom is -0.339 e. The molecule has 1 N–H and O–H groups in total. The highest BCUT2D eigenvalue weighted by molar-refractivity contribution is 5.76. The van der Waals surface area contributed by atoms with E-state index >= 15 is 0 Å². The number of aromatic nitrogens is 2. The van der Waals surface area contributed by atoms with E-state index in [0.29, 0.717) is 35.7 Å². The number of halogens is 1. The van der Waals surface area contributed by atoms with Gasteiger partial charge in [-0.1, -0.05) is 17.3 Å². The van der Waals surface area contributed by atoms with E-state index in [9.17, 15) is 9.18 Å². The van der Waals surface area contributed by atoms with E-state index in [4.69, 9.17) is 4.52 Å². The van der Waals surface area contributed by atoms with Crippen LogP contribution in [-0.2, 0) is 11.2 Å². The van der Waals surface area contributed by atoms with Crippen molar-refractivity contribution in [3.05, 3.63) is 35.5 Å². The second-order valence-corrected chi connectivity index (χ2v) is 6.12. The van der Waals surface area contributed by atoms with Crippen molar-refractivity contribution < 1.29 is 13.7 Å². The van der Waals surface area contributed by atoms with Gasteiger partial charge in [-0.2, -0.15) is 4.98 Å². The van der Waals surface area contributed by atoms with Crippen LogP contribution in [0, 0.1) is 12.7 Å². The molecule has 2 aromatic rings. The van der Waals surface area contributed by atoms with Crippen LogP contribution in [0.5, 0.6) is 0 Å². The van der Waals surface area contributed by atoms with Gasteiger partial charge in [-0.05, 0) is 25.5 Å². The van der Waals surface area contributed by atoms with Crippen molar-refractivity contribution in [1.82, 2.24) is 20.4 Å². The van der Waals surface area contributed by atoms with Crippen molar-refractivity contribution in [1.29, 1.82) is 0 Å². The average molecular weight is 332 g/mol. The maximum atomic E-state index is 13.6. The largest absolute Gasteiger partial charge is 0.339 e. The van der Waals surface area contributed by atoms with Crippen LogP contribution in [0.4, 0.5) is 4.39 Å². The monoisotopic (exact) mass is 332 g/mol. The maximum Gasteiger partial charge on any atom is 0.227 e. The summed E-state index contributed by atoms with van der Waals surface area (Å²) in [6.45, 7) is 6.08. The Hall–Kier alpha value is -2.28. The van der Waals surface area contributed by atoms with Gasteiger partial charge in [0.05, 0.1) is 0 Å². The van der Waals surface area contributed by atoms with Gasteiger partial charge in [0.1, 0.15) is 5.82 Å². The molecule has 0 aliphatic carbocycles. The van der Waals surface area contributed by atoms with Crippen LogP contribution in [0.25, 0.3) is 11.4 Å². The fraction of sp³-hybridized carbons (Fsp3) is 0.471. The zero-order chi connectivity index (χ0) is 17.1. The third kappa shape index (κ3) is 3.62. The first kappa shape index (κ1) is 16.6. The molecule has 1 atom stereocenters. The second kappa shape index (κ2) is 7.09. The van der Waals surface area contributed by atoms with Crippen LogP contribution in [0.1, 0.15) is 24.8 Å². The lowest BCUT2D eigenvalue weighted by molar-refractivity contribution is -0.134. The first-order chi connectivity index (χ1) is 11.5. The molecule has 128 valence electrons. The second-order valence-electron chi connectivity index (χ2n) is 6.12. The molecule has 24 heavy (non-hydrogen) atoms. The Morgan fingerprint density at radius 2 is 2.33 bits per heavy atom. The highest BCUT2D eigenvalue weighted by Gasteiger charge is 2.23. The summed E-state index contributed by atoms with van der Waals surface area (Å²) in [4.78, 5) is 18.4. The first-order valence-corrected chi connectivity index (χ1v) is 8.14. The third-order valence-corrected chi connectivity index (χ3v) is 4.27. The number of nitrogens with one attached hydrogen (secondary N) is 1. The van der Waals surface area contributed by atoms with E-state index in [2.05, 4.69) is 15.5 Å². The lowest BCUT2D eigenvalue weighted by atomic mass is 10.1. The fourth-order valence-corrected chi connectivity index (χ4v) is 2.77. The number of rotatable bonds is 4. The van der Waals surface area contributed by atoms with Crippen LogP contribution < -0.4 is 5.32 Å². The molecule has 1 amide bonds. The smallest absolute Gasteiger partial charge is 0.227 e. The van der Waals surface area contributed by atoms with Crippen molar-refractivity contribution >= 4 is 5.91 Å². The van der Waals surface area contributed by atoms with Crippen LogP contribution in [0.2, 0.25) is 0 Å². The SMILES string of the molecule is Cc1ccc(-c2noc(CCC(=O)N3CCNC[C@@H]3C)n2)cc1F. The Morgan fingerprint density at radius 3 is 3.08 bits per heavy atom. The van der Waals surface area contributed by atoms with Crippen molar-refractivity contribution in [2.24, 2.45) is 0 Å². The topological polar surface area (TPSA) is 71.3 Å². The molecule has 3 rings (SSSR count). The minimum absolute atomic E-state index is 0.0881. The summed E-state index contributed by atoms with van der Waals surface area (Å²) in [7, 11) is 0. The molecule has 1 aliphatic heterocycles. The molecule has 6 nitrogen and oxygen atoms in total. The summed E-state index contributed by atoms with van der Waals surface area (Å²) in [5.41, 5.74) is 1.13. The number of aryl methyl sites for hydroxylation is 2. The predicted octanol–water partition coefficient (Wildman–Crippen LogP) is 1.94. The molecule has 1 aliphatic rings. The third-order valence-electron chi connectivity index (χ3n) is 4.27. The van der Waals surface area contributed by atoms with Crippen LogP contribution in [0.3, 0.4) is 0 Å². The number of hydrogen-bond acceptors (Lipinski definition) is 5. The first-order valence-electron chi connectivity index (χ1n) is 8.14. The van der Waals surface area contributed by atoms with E-state index < -0.39 is 0 Å². The van der Waals surface area contributed by atoms with E-state index in [1.54, 1.807) is 19.1 Å². The molecule has 1 aromatic heterocycles. The van der Waals surface area contributed by atoms with Gasteiger partial charge in [0.2, 0.25) is 17.6 Å². The number of carbonyl (C=O) groups is 1. The normalized spacial score (nSPS) is 18.0. The molecule has 0 radical (unpaired) electrons. The van der Waals surface area contributed by atoms with Gasteiger partial charge in [-0.15, -0.1) is 0 Å². The molecule has 1 aromatic carbocycles. The number of piperazine rings is 1. The molecule has 7 heteroatoms. The van der Waals surface area contributed by atoms with Crippen molar-refractivity contribution in [2.75, 3.05) is 19.6 Å². The van der Waals surface area contributed by atoms with Gasteiger partial charge in [0.15, 0.2) is 0 Å². The zero-order valence-electron chi connectivity index (χ0n) is 13.9. The van der Waals surface area contributed by atoms with Crippen molar-refractivity contribution in [3.63, 3.8) is 0 Å². The van der Waals surface area contributed by atoms with E-state index in [-0.39, 0.29) is 17.8 Å². The Kier molecular flexibility index (Phi) is 4.89.